The van der Waals surface area contributed by atoms with Crippen LogP contribution in [-0.4, -0.2) is 38.5 Å². The van der Waals surface area contributed by atoms with E-state index in [1.807, 2.05) is 12.1 Å². The molecule has 2 N–H and O–H groups in total. The molecule has 0 amide bonds. The fourth-order valence-electron chi connectivity index (χ4n) is 1.43. The Morgan fingerprint density at radius 2 is 2.00 bits per heavy atom. The van der Waals surface area contributed by atoms with E-state index in [9.17, 15) is 0 Å². The van der Waals surface area contributed by atoms with Crippen LogP contribution in [0.4, 0.5) is 0 Å². The topological polar surface area (TPSA) is 66.6 Å². The van der Waals surface area contributed by atoms with E-state index in [-0.39, 0.29) is 0 Å². The van der Waals surface area contributed by atoms with Gasteiger partial charge in [0, 0.05) is 33.1 Å². The molecule has 0 fully saturated rings. The number of nitrogens with zero attached hydrogens (tertiary/aromatic N) is 1. The molecule has 1 aromatic rings. The lowest BCUT2D eigenvalue weighted by Gasteiger charge is -2.06. The van der Waals surface area contributed by atoms with Gasteiger partial charge in [0.15, 0.2) is 0 Å². The summed E-state index contributed by atoms with van der Waals surface area (Å²) in [6.45, 7) is 3.72. The van der Waals surface area contributed by atoms with Gasteiger partial charge in [-0.2, -0.15) is 0 Å². The minimum Gasteiger partial charge on any atom is -0.382 e. The highest BCUT2D eigenvalue weighted by Gasteiger charge is 1.96. The number of ether oxygens (including phenoxy) is 3. The van der Waals surface area contributed by atoms with Crippen molar-refractivity contribution in [1.29, 1.82) is 0 Å². The molecule has 5 heteroatoms. The third-order valence-corrected chi connectivity index (χ3v) is 2.37. The molecule has 0 aromatic carbocycles. The van der Waals surface area contributed by atoms with Crippen molar-refractivity contribution in [1.82, 2.24) is 4.98 Å². The molecule has 0 aliphatic carbocycles. The van der Waals surface area contributed by atoms with Gasteiger partial charge >= 0.3 is 0 Å². The molecule has 0 atom stereocenters. The van der Waals surface area contributed by atoms with Gasteiger partial charge in [-0.3, -0.25) is 4.98 Å². The third kappa shape index (κ3) is 6.66. The van der Waals surface area contributed by atoms with Crippen LogP contribution in [0, 0.1) is 0 Å². The van der Waals surface area contributed by atoms with Crippen LogP contribution in [0.15, 0.2) is 18.3 Å². The second-order valence-electron chi connectivity index (χ2n) is 3.87. The fourth-order valence-corrected chi connectivity index (χ4v) is 1.43. The molecule has 0 saturated carbocycles. The van der Waals surface area contributed by atoms with Gasteiger partial charge in [-0.1, -0.05) is 0 Å². The second kappa shape index (κ2) is 9.96. The standard InChI is InChI=1S/C13H22N2O3/c1-16-7-8-17-5-2-6-18-11-12-3-4-15-13(9-12)10-14/h3-4,9H,2,5-8,10-11,14H2,1H3. The molecule has 0 saturated heterocycles. The number of aromatic nitrogens is 1. The number of hydrogen-bond donors (Lipinski definition) is 1. The lowest BCUT2D eigenvalue weighted by molar-refractivity contribution is 0.0483. The molecule has 1 aromatic heterocycles. The Labute approximate surface area is 108 Å². The highest BCUT2D eigenvalue weighted by molar-refractivity contribution is 5.15. The molecule has 0 bridgehead atoms. The summed E-state index contributed by atoms with van der Waals surface area (Å²) in [7, 11) is 1.66. The Hall–Kier alpha value is -1.01. The number of methoxy groups -OCH3 is 1. The maximum Gasteiger partial charge on any atom is 0.0718 e. The normalized spacial score (nSPS) is 10.8. The third-order valence-electron chi connectivity index (χ3n) is 2.37. The van der Waals surface area contributed by atoms with Crippen LogP contribution in [0.3, 0.4) is 0 Å². The van der Waals surface area contributed by atoms with Crippen molar-refractivity contribution in [2.24, 2.45) is 5.73 Å². The summed E-state index contributed by atoms with van der Waals surface area (Å²) in [6.07, 6.45) is 2.65. The molecular formula is C13H22N2O3. The monoisotopic (exact) mass is 254 g/mol. The van der Waals surface area contributed by atoms with Gasteiger partial charge in [-0.15, -0.1) is 0 Å². The van der Waals surface area contributed by atoms with Gasteiger partial charge in [0.2, 0.25) is 0 Å². The van der Waals surface area contributed by atoms with Crippen molar-refractivity contribution in [3.8, 4) is 0 Å². The molecule has 18 heavy (non-hydrogen) atoms. The van der Waals surface area contributed by atoms with Crippen LogP contribution in [-0.2, 0) is 27.4 Å². The number of pyridine rings is 1. The van der Waals surface area contributed by atoms with E-state index in [1.165, 1.54) is 0 Å². The van der Waals surface area contributed by atoms with E-state index in [4.69, 9.17) is 19.9 Å². The average Bonchev–Trinajstić information content (AvgIpc) is 2.42. The highest BCUT2D eigenvalue weighted by atomic mass is 16.5. The molecule has 0 spiro atoms. The Morgan fingerprint density at radius 1 is 1.17 bits per heavy atom. The van der Waals surface area contributed by atoms with E-state index in [1.54, 1.807) is 13.3 Å². The van der Waals surface area contributed by atoms with Gasteiger partial charge < -0.3 is 19.9 Å². The minimum atomic E-state index is 0.460. The molecule has 102 valence electrons. The predicted molar refractivity (Wildman–Crippen MR) is 69.1 cm³/mol. The van der Waals surface area contributed by atoms with Gasteiger partial charge in [0.1, 0.15) is 0 Å². The Bertz CT molecular complexity index is 321. The summed E-state index contributed by atoms with van der Waals surface area (Å²) in [4.78, 5) is 4.13. The summed E-state index contributed by atoms with van der Waals surface area (Å²) >= 11 is 0. The predicted octanol–water partition coefficient (Wildman–Crippen LogP) is 1.11. The highest BCUT2D eigenvalue weighted by Crippen LogP contribution is 2.03. The summed E-state index contributed by atoms with van der Waals surface area (Å²) in [6, 6.07) is 3.91. The molecule has 0 unspecified atom stereocenters. The number of rotatable bonds is 10. The maximum absolute atomic E-state index is 5.55. The van der Waals surface area contributed by atoms with E-state index >= 15 is 0 Å². The van der Waals surface area contributed by atoms with Crippen LogP contribution in [0.2, 0.25) is 0 Å². The number of hydrogen-bond acceptors (Lipinski definition) is 5. The first-order chi connectivity index (χ1) is 8.86. The fraction of sp³-hybridized carbons (Fsp3) is 0.615. The van der Waals surface area contributed by atoms with E-state index in [0.717, 1.165) is 17.7 Å². The first-order valence-electron chi connectivity index (χ1n) is 6.15. The zero-order valence-electron chi connectivity index (χ0n) is 10.9. The molecule has 0 aliphatic heterocycles. The van der Waals surface area contributed by atoms with Gasteiger partial charge in [-0.25, -0.2) is 0 Å². The van der Waals surface area contributed by atoms with Crippen LogP contribution in [0.5, 0.6) is 0 Å². The van der Waals surface area contributed by atoms with E-state index in [0.29, 0.717) is 39.6 Å². The zero-order valence-corrected chi connectivity index (χ0v) is 10.9. The first-order valence-corrected chi connectivity index (χ1v) is 6.15. The Morgan fingerprint density at radius 3 is 2.78 bits per heavy atom. The summed E-state index contributed by atoms with van der Waals surface area (Å²) in [5.74, 6) is 0. The lowest BCUT2D eigenvalue weighted by Crippen LogP contribution is -2.06. The quantitative estimate of drug-likeness (QED) is 0.634. The van der Waals surface area contributed by atoms with E-state index < -0.39 is 0 Å². The van der Waals surface area contributed by atoms with Crippen molar-refractivity contribution in [2.45, 2.75) is 19.6 Å². The van der Waals surface area contributed by atoms with Crippen molar-refractivity contribution in [2.75, 3.05) is 33.5 Å². The SMILES string of the molecule is COCCOCCCOCc1ccnc(CN)c1. The largest absolute Gasteiger partial charge is 0.382 e. The van der Waals surface area contributed by atoms with Crippen LogP contribution >= 0.6 is 0 Å². The number of nitrogens with two attached hydrogens (primary N) is 1. The second-order valence-corrected chi connectivity index (χ2v) is 3.87. The Kier molecular flexibility index (Phi) is 8.33. The zero-order chi connectivity index (χ0) is 13.1. The van der Waals surface area contributed by atoms with Crippen molar-refractivity contribution in [3.63, 3.8) is 0 Å². The summed E-state index contributed by atoms with van der Waals surface area (Å²) < 4.78 is 15.8. The van der Waals surface area contributed by atoms with Crippen LogP contribution in [0.25, 0.3) is 0 Å². The maximum atomic E-state index is 5.55. The van der Waals surface area contributed by atoms with Crippen molar-refractivity contribution >= 4 is 0 Å². The molecule has 0 aliphatic rings. The molecular weight excluding hydrogens is 232 g/mol. The Balaban J connectivity index is 2.03. The first kappa shape index (κ1) is 15.0. The van der Waals surface area contributed by atoms with Gasteiger partial charge in [-0.05, 0) is 24.1 Å². The molecule has 1 rings (SSSR count). The molecule has 1 heterocycles. The average molecular weight is 254 g/mol. The smallest absolute Gasteiger partial charge is 0.0718 e. The van der Waals surface area contributed by atoms with Gasteiger partial charge in [0.25, 0.3) is 0 Å². The molecule has 5 nitrogen and oxygen atoms in total. The summed E-state index contributed by atoms with van der Waals surface area (Å²) in [5, 5.41) is 0. The van der Waals surface area contributed by atoms with Crippen LogP contribution < -0.4 is 5.73 Å². The van der Waals surface area contributed by atoms with Crippen molar-refractivity contribution in [3.05, 3.63) is 29.6 Å². The van der Waals surface area contributed by atoms with Crippen LogP contribution in [0.1, 0.15) is 17.7 Å². The minimum absolute atomic E-state index is 0.460. The van der Waals surface area contributed by atoms with E-state index in [2.05, 4.69) is 4.98 Å². The van der Waals surface area contributed by atoms with Gasteiger partial charge in [0.05, 0.1) is 25.5 Å². The summed E-state index contributed by atoms with van der Waals surface area (Å²) in [5.41, 5.74) is 7.51. The lowest BCUT2D eigenvalue weighted by atomic mass is 10.2. The molecule has 0 radical (unpaired) electrons. The van der Waals surface area contributed by atoms with Crippen molar-refractivity contribution < 1.29 is 14.2 Å².